The Labute approximate surface area is 146 Å². The van der Waals surface area contributed by atoms with Crippen molar-refractivity contribution >= 4 is 37.3 Å². The monoisotopic (exact) mass is 386 g/mol. The Balaban J connectivity index is 1.81. The third-order valence-corrected chi connectivity index (χ3v) is 6.59. The average molecular weight is 387 g/mol. The summed E-state index contributed by atoms with van der Waals surface area (Å²) in [7, 11) is -7.43. The van der Waals surface area contributed by atoms with Crippen LogP contribution in [0.5, 0.6) is 0 Å². The van der Waals surface area contributed by atoms with Crippen LogP contribution in [-0.4, -0.2) is 22.9 Å². The first-order chi connectivity index (χ1) is 11.3. The van der Waals surface area contributed by atoms with Crippen molar-refractivity contribution in [3.8, 4) is 0 Å². The van der Waals surface area contributed by atoms with Crippen molar-refractivity contribution < 1.29 is 16.8 Å². The van der Waals surface area contributed by atoms with Gasteiger partial charge in [-0.15, -0.1) is 0 Å². The Hall–Kier alpha value is -1.61. The molecule has 6 nitrogen and oxygen atoms in total. The number of anilines is 1. The van der Waals surface area contributed by atoms with Crippen LogP contribution in [0.15, 0.2) is 58.3 Å². The van der Waals surface area contributed by atoms with Gasteiger partial charge in [0, 0.05) is 11.1 Å². The van der Waals surface area contributed by atoms with Crippen molar-refractivity contribution in [3.05, 3.63) is 53.6 Å². The highest BCUT2D eigenvalue weighted by Crippen LogP contribution is 2.24. The second kappa shape index (κ2) is 6.36. The number of halogens is 1. The molecule has 24 heavy (non-hydrogen) atoms. The standard InChI is InChI=1S/C15H15ClN2O4S2/c16-11-2-1-3-13(10-11)18-24(21,22)15-8-6-14(7-9-15)23(19,20)17-12-4-5-12/h1-3,6-10,12,17-18H,4-5H2. The smallest absolute Gasteiger partial charge is 0.261 e. The molecule has 0 bridgehead atoms. The van der Waals surface area contributed by atoms with Crippen molar-refractivity contribution in [3.63, 3.8) is 0 Å². The molecule has 2 N–H and O–H groups in total. The molecule has 0 atom stereocenters. The maximum Gasteiger partial charge on any atom is 0.261 e. The molecule has 0 unspecified atom stereocenters. The molecule has 0 radical (unpaired) electrons. The first-order valence-corrected chi connectivity index (χ1v) is 10.5. The van der Waals surface area contributed by atoms with Crippen LogP contribution >= 0.6 is 11.6 Å². The largest absolute Gasteiger partial charge is 0.280 e. The van der Waals surface area contributed by atoms with E-state index in [1.54, 1.807) is 18.2 Å². The molecular formula is C15H15ClN2O4S2. The van der Waals surface area contributed by atoms with Gasteiger partial charge in [0.1, 0.15) is 0 Å². The van der Waals surface area contributed by atoms with Crippen LogP contribution in [-0.2, 0) is 20.0 Å². The van der Waals surface area contributed by atoms with Gasteiger partial charge in [0.25, 0.3) is 10.0 Å². The third kappa shape index (κ3) is 4.07. The van der Waals surface area contributed by atoms with Crippen LogP contribution < -0.4 is 9.44 Å². The van der Waals surface area contributed by atoms with E-state index in [0.717, 1.165) is 12.8 Å². The van der Waals surface area contributed by atoms with Crippen LogP contribution in [0.25, 0.3) is 0 Å². The summed E-state index contributed by atoms with van der Waals surface area (Å²) in [6.07, 6.45) is 1.66. The Kier molecular flexibility index (Phi) is 4.56. The van der Waals surface area contributed by atoms with Crippen molar-refractivity contribution in [2.75, 3.05) is 4.72 Å². The third-order valence-electron chi connectivity index (χ3n) is 3.42. The first kappa shape index (κ1) is 17.2. The number of hydrogen-bond donors (Lipinski definition) is 2. The highest BCUT2D eigenvalue weighted by atomic mass is 35.5. The lowest BCUT2D eigenvalue weighted by Crippen LogP contribution is -2.25. The van der Waals surface area contributed by atoms with E-state index in [9.17, 15) is 16.8 Å². The maximum atomic E-state index is 12.3. The van der Waals surface area contributed by atoms with Crippen LogP contribution in [0, 0.1) is 0 Å². The average Bonchev–Trinajstić information content (AvgIpc) is 3.30. The Morgan fingerprint density at radius 1 is 0.875 bits per heavy atom. The Morgan fingerprint density at radius 2 is 1.46 bits per heavy atom. The molecule has 0 amide bonds. The SMILES string of the molecule is O=S(=O)(Nc1cccc(Cl)c1)c1ccc(S(=O)(=O)NC2CC2)cc1. The zero-order valence-electron chi connectivity index (χ0n) is 12.4. The zero-order valence-corrected chi connectivity index (χ0v) is 14.8. The van der Waals surface area contributed by atoms with Gasteiger partial charge in [-0.2, -0.15) is 0 Å². The van der Waals surface area contributed by atoms with Crippen molar-refractivity contribution in [1.29, 1.82) is 0 Å². The molecule has 2 aromatic carbocycles. The summed E-state index contributed by atoms with van der Waals surface area (Å²) in [6, 6.07) is 11.4. The molecule has 9 heteroatoms. The molecule has 1 fully saturated rings. The number of nitrogens with one attached hydrogen (secondary N) is 2. The zero-order chi connectivity index (χ0) is 17.4. The highest BCUT2D eigenvalue weighted by molar-refractivity contribution is 7.92. The number of rotatable bonds is 6. The summed E-state index contributed by atoms with van der Waals surface area (Å²) in [5.41, 5.74) is 0.328. The molecule has 1 aliphatic rings. The molecule has 0 spiro atoms. The quantitative estimate of drug-likeness (QED) is 0.798. The van der Waals surface area contributed by atoms with Crippen LogP contribution in [0.1, 0.15) is 12.8 Å². The number of hydrogen-bond acceptors (Lipinski definition) is 4. The molecule has 0 aromatic heterocycles. The molecule has 1 aliphatic carbocycles. The summed E-state index contributed by atoms with van der Waals surface area (Å²) in [4.78, 5) is 0.00366. The van der Waals surface area contributed by atoms with Crippen LogP contribution in [0.4, 0.5) is 5.69 Å². The van der Waals surface area contributed by atoms with Gasteiger partial charge in [0.15, 0.2) is 0 Å². The van der Waals surface area contributed by atoms with E-state index >= 15 is 0 Å². The summed E-state index contributed by atoms with van der Waals surface area (Å²) in [5.74, 6) is 0. The minimum atomic E-state index is -3.83. The molecular weight excluding hydrogens is 372 g/mol. The topological polar surface area (TPSA) is 92.3 Å². The van der Waals surface area contributed by atoms with E-state index in [0.29, 0.717) is 10.7 Å². The maximum absolute atomic E-state index is 12.3. The van der Waals surface area contributed by atoms with E-state index in [1.807, 2.05) is 0 Å². The van der Waals surface area contributed by atoms with Gasteiger partial charge in [-0.1, -0.05) is 17.7 Å². The van der Waals surface area contributed by atoms with Gasteiger partial charge in [-0.3, -0.25) is 4.72 Å². The predicted octanol–water partition coefficient (Wildman–Crippen LogP) is 2.58. The fourth-order valence-electron chi connectivity index (χ4n) is 2.05. The number of sulfonamides is 2. The second-order valence-corrected chi connectivity index (χ2v) is 9.32. The fraction of sp³-hybridized carbons (Fsp3) is 0.200. The summed E-state index contributed by atoms with van der Waals surface area (Å²) < 4.78 is 53.8. The van der Waals surface area contributed by atoms with E-state index in [-0.39, 0.29) is 15.8 Å². The first-order valence-electron chi connectivity index (χ1n) is 7.17. The highest BCUT2D eigenvalue weighted by Gasteiger charge is 2.28. The normalized spacial score (nSPS) is 15.2. The molecule has 3 rings (SSSR count). The second-order valence-electron chi connectivity index (χ2n) is 5.48. The van der Waals surface area contributed by atoms with E-state index in [2.05, 4.69) is 9.44 Å². The van der Waals surface area contributed by atoms with Crippen molar-refractivity contribution in [1.82, 2.24) is 4.72 Å². The van der Waals surface area contributed by atoms with Gasteiger partial charge in [-0.05, 0) is 55.3 Å². The molecule has 0 aliphatic heterocycles. The minimum Gasteiger partial charge on any atom is -0.280 e. The Bertz CT molecular complexity index is 953. The van der Waals surface area contributed by atoms with Crippen molar-refractivity contribution in [2.45, 2.75) is 28.7 Å². The molecule has 0 heterocycles. The Morgan fingerprint density at radius 3 is 2.00 bits per heavy atom. The van der Waals surface area contributed by atoms with Crippen LogP contribution in [0.3, 0.4) is 0 Å². The minimum absolute atomic E-state index is 0.0112. The summed E-state index contributed by atoms with van der Waals surface area (Å²) >= 11 is 5.83. The predicted molar refractivity (Wildman–Crippen MR) is 92.0 cm³/mol. The van der Waals surface area contributed by atoms with E-state index < -0.39 is 20.0 Å². The lowest BCUT2D eigenvalue weighted by molar-refractivity contribution is 0.580. The molecule has 2 aromatic rings. The summed E-state index contributed by atoms with van der Waals surface area (Å²) in [6.45, 7) is 0. The molecule has 1 saturated carbocycles. The van der Waals surface area contributed by atoms with E-state index in [4.69, 9.17) is 11.6 Å². The van der Waals surface area contributed by atoms with Gasteiger partial charge in [0.05, 0.1) is 15.5 Å². The van der Waals surface area contributed by atoms with E-state index in [1.165, 1.54) is 30.3 Å². The van der Waals surface area contributed by atoms with Gasteiger partial charge >= 0.3 is 0 Å². The van der Waals surface area contributed by atoms with Gasteiger partial charge in [-0.25, -0.2) is 21.6 Å². The fourth-order valence-corrected chi connectivity index (χ4v) is 4.60. The lowest BCUT2D eigenvalue weighted by atomic mass is 10.3. The van der Waals surface area contributed by atoms with Gasteiger partial charge in [0.2, 0.25) is 10.0 Å². The molecule has 128 valence electrons. The lowest BCUT2D eigenvalue weighted by Gasteiger charge is -2.10. The van der Waals surface area contributed by atoms with Gasteiger partial charge < -0.3 is 0 Å². The van der Waals surface area contributed by atoms with Crippen molar-refractivity contribution in [2.24, 2.45) is 0 Å². The summed E-state index contributed by atoms with van der Waals surface area (Å²) in [5, 5.41) is 0.405. The molecule has 0 saturated heterocycles. The number of benzene rings is 2. The van der Waals surface area contributed by atoms with Crippen LogP contribution in [0.2, 0.25) is 5.02 Å².